The smallest absolute Gasteiger partial charge is 0.101 e. The van der Waals surface area contributed by atoms with Crippen LogP contribution in [0, 0.1) is 17.2 Å². The molecule has 15 heavy (non-hydrogen) atoms. The van der Waals surface area contributed by atoms with E-state index in [4.69, 9.17) is 5.26 Å². The number of nitrogens with zero attached hydrogens (tertiary/aromatic N) is 3. The zero-order valence-electron chi connectivity index (χ0n) is 8.35. The van der Waals surface area contributed by atoms with Crippen molar-refractivity contribution in [2.24, 2.45) is 5.92 Å². The maximum Gasteiger partial charge on any atom is 0.101 e. The van der Waals surface area contributed by atoms with Gasteiger partial charge in [-0.3, -0.25) is 4.98 Å². The van der Waals surface area contributed by atoms with Gasteiger partial charge in [0.15, 0.2) is 0 Å². The second-order valence-corrected chi connectivity index (χ2v) is 4.22. The van der Waals surface area contributed by atoms with Crippen molar-refractivity contribution in [1.29, 1.82) is 5.26 Å². The standard InChI is InChI=1S/C11H12N4/c12-2-8-1-10(5-13-3-8)15-6-9-4-14-11(9)7-15/h1,3,5,9,11,14H,4,6-7H2/t9-,11+/m0/s1. The SMILES string of the molecule is N#Cc1cncc(N2C[C@@H]3CN[C@@H]3C2)c1. The Morgan fingerprint density at radius 3 is 3.00 bits per heavy atom. The Balaban J connectivity index is 1.84. The molecular weight excluding hydrogens is 188 g/mol. The van der Waals surface area contributed by atoms with Crippen LogP contribution < -0.4 is 10.2 Å². The van der Waals surface area contributed by atoms with Gasteiger partial charge >= 0.3 is 0 Å². The highest BCUT2D eigenvalue weighted by molar-refractivity contribution is 5.50. The summed E-state index contributed by atoms with van der Waals surface area (Å²) in [7, 11) is 0. The van der Waals surface area contributed by atoms with E-state index in [0.29, 0.717) is 11.6 Å². The lowest BCUT2D eigenvalue weighted by molar-refractivity contribution is 0.297. The molecule has 76 valence electrons. The van der Waals surface area contributed by atoms with Crippen LogP contribution in [0.25, 0.3) is 0 Å². The summed E-state index contributed by atoms with van der Waals surface area (Å²) >= 11 is 0. The van der Waals surface area contributed by atoms with Gasteiger partial charge in [0.1, 0.15) is 6.07 Å². The molecule has 2 saturated heterocycles. The van der Waals surface area contributed by atoms with Crippen molar-refractivity contribution in [1.82, 2.24) is 10.3 Å². The quantitative estimate of drug-likeness (QED) is 0.711. The van der Waals surface area contributed by atoms with Gasteiger partial charge in [0, 0.05) is 37.8 Å². The highest BCUT2D eigenvalue weighted by Crippen LogP contribution is 2.27. The van der Waals surface area contributed by atoms with Crippen molar-refractivity contribution < 1.29 is 0 Å². The lowest BCUT2D eigenvalue weighted by atomic mass is 9.96. The third-order valence-corrected chi connectivity index (χ3v) is 3.30. The first kappa shape index (κ1) is 8.69. The summed E-state index contributed by atoms with van der Waals surface area (Å²) in [6.07, 6.45) is 3.44. The van der Waals surface area contributed by atoms with E-state index >= 15 is 0 Å². The summed E-state index contributed by atoms with van der Waals surface area (Å²) in [6, 6.07) is 4.69. The number of fused-ring (bicyclic) bond motifs is 1. The van der Waals surface area contributed by atoms with Gasteiger partial charge in [0.2, 0.25) is 0 Å². The predicted molar refractivity (Wildman–Crippen MR) is 56.4 cm³/mol. The molecule has 0 unspecified atom stereocenters. The van der Waals surface area contributed by atoms with Crippen molar-refractivity contribution in [3.05, 3.63) is 24.0 Å². The highest BCUT2D eigenvalue weighted by Gasteiger charge is 2.39. The average Bonchev–Trinajstić information content (AvgIpc) is 2.55. The molecule has 0 bridgehead atoms. The molecule has 0 radical (unpaired) electrons. The minimum absolute atomic E-state index is 0.639. The van der Waals surface area contributed by atoms with Crippen LogP contribution in [0.5, 0.6) is 0 Å². The molecule has 2 atom stereocenters. The summed E-state index contributed by atoms with van der Waals surface area (Å²) in [5.74, 6) is 0.788. The number of nitrogens with one attached hydrogen (secondary N) is 1. The molecule has 1 N–H and O–H groups in total. The first-order chi connectivity index (χ1) is 7.36. The lowest BCUT2D eigenvalue weighted by Gasteiger charge is -2.29. The van der Waals surface area contributed by atoms with E-state index in [0.717, 1.165) is 31.2 Å². The highest BCUT2D eigenvalue weighted by atomic mass is 15.2. The van der Waals surface area contributed by atoms with Gasteiger partial charge in [-0.2, -0.15) is 5.26 Å². The third-order valence-electron chi connectivity index (χ3n) is 3.30. The summed E-state index contributed by atoms with van der Waals surface area (Å²) in [5, 5.41) is 12.2. The molecule has 3 rings (SSSR count). The number of anilines is 1. The summed E-state index contributed by atoms with van der Waals surface area (Å²) in [5.41, 5.74) is 1.71. The number of aromatic nitrogens is 1. The number of nitriles is 1. The van der Waals surface area contributed by atoms with Crippen LogP contribution in [0.3, 0.4) is 0 Å². The van der Waals surface area contributed by atoms with Gasteiger partial charge in [0.05, 0.1) is 17.4 Å². The number of hydrogen-bond donors (Lipinski definition) is 1. The zero-order valence-corrected chi connectivity index (χ0v) is 8.35. The maximum atomic E-state index is 8.80. The Labute approximate surface area is 88.5 Å². The molecule has 0 amide bonds. The minimum atomic E-state index is 0.639. The Morgan fingerprint density at radius 1 is 1.47 bits per heavy atom. The normalized spacial score (nSPS) is 28.1. The van der Waals surface area contributed by atoms with Gasteiger partial charge in [-0.15, -0.1) is 0 Å². The summed E-state index contributed by atoms with van der Waals surface area (Å²) < 4.78 is 0. The molecule has 0 aromatic carbocycles. The van der Waals surface area contributed by atoms with Crippen molar-refractivity contribution in [2.75, 3.05) is 24.5 Å². The van der Waals surface area contributed by atoms with Crippen molar-refractivity contribution >= 4 is 5.69 Å². The molecule has 0 aliphatic carbocycles. The van der Waals surface area contributed by atoms with E-state index in [1.807, 2.05) is 12.3 Å². The molecule has 0 saturated carbocycles. The molecule has 2 fully saturated rings. The molecule has 0 spiro atoms. The van der Waals surface area contributed by atoms with Crippen LogP contribution in [0.2, 0.25) is 0 Å². The van der Waals surface area contributed by atoms with Crippen LogP contribution in [-0.4, -0.2) is 30.7 Å². The van der Waals surface area contributed by atoms with Crippen molar-refractivity contribution in [3.8, 4) is 6.07 Å². The Morgan fingerprint density at radius 2 is 2.40 bits per heavy atom. The Hall–Kier alpha value is -1.60. The number of hydrogen-bond acceptors (Lipinski definition) is 4. The van der Waals surface area contributed by atoms with Crippen LogP contribution in [0.1, 0.15) is 5.56 Å². The minimum Gasteiger partial charge on any atom is -0.368 e. The van der Waals surface area contributed by atoms with Crippen molar-refractivity contribution in [2.45, 2.75) is 6.04 Å². The van der Waals surface area contributed by atoms with Crippen LogP contribution >= 0.6 is 0 Å². The van der Waals surface area contributed by atoms with Gasteiger partial charge in [-0.1, -0.05) is 0 Å². The molecule has 3 heterocycles. The summed E-state index contributed by atoms with van der Waals surface area (Å²) in [4.78, 5) is 6.39. The fourth-order valence-corrected chi connectivity index (χ4v) is 2.32. The summed E-state index contributed by atoms with van der Waals surface area (Å²) in [6.45, 7) is 3.27. The fraction of sp³-hybridized carbons (Fsp3) is 0.455. The van der Waals surface area contributed by atoms with Gasteiger partial charge < -0.3 is 10.2 Å². The van der Waals surface area contributed by atoms with Crippen LogP contribution in [0.15, 0.2) is 18.5 Å². The van der Waals surface area contributed by atoms with E-state index < -0.39 is 0 Å². The van der Waals surface area contributed by atoms with E-state index in [1.54, 1.807) is 6.20 Å². The number of pyridine rings is 1. The third kappa shape index (κ3) is 1.36. The molecule has 2 aliphatic rings. The largest absolute Gasteiger partial charge is 0.368 e. The average molecular weight is 200 g/mol. The Bertz CT molecular complexity index is 411. The molecule has 4 nitrogen and oxygen atoms in total. The first-order valence-corrected chi connectivity index (χ1v) is 5.20. The van der Waals surface area contributed by atoms with E-state index in [2.05, 4.69) is 21.3 Å². The second-order valence-electron chi connectivity index (χ2n) is 4.22. The topological polar surface area (TPSA) is 52.0 Å². The number of rotatable bonds is 1. The maximum absolute atomic E-state index is 8.80. The van der Waals surface area contributed by atoms with Gasteiger partial charge in [-0.25, -0.2) is 0 Å². The first-order valence-electron chi connectivity index (χ1n) is 5.20. The van der Waals surface area contributed by atoms with E-state index in [-0.39, 0.29) is 0 Å². The molecular formula is C11H12N4. The monoisotopic (exact) mass is 200 g/mol. The molecule has 2 aliphatic heterocycles. The fourth-order valence-electron chi connectivity index (χ4n) is 2.32. The van der Waals surface area contributed by atoms with Gasteiger partial charge in [-0.05, 0) is 6.07 Å². The Kier molecular flexibility index (Phi) is 1.86. The molecule has 4 heteroatoms. The lowest BCUT2D eigenvalue weighted by Crippen LogP contribution is -2.51. The van der Waals surface area contributed by atoms with E-state index in [1.165, 1.54) is 0 Å². The van der Waals surface area contributed by atoms with Crippen LogP contribution in [-0.2, 0) is 0 Å². The van der Waals surface area contributed by atoms with E-state index in [9.17, 15) is 0 Å². The predicted octanol–water partition coefficient (Wildman–Crippen LogP) is 0.361. The zero-order chi connectivity index (χ0) is 10.3. The van der Waals surface area contributed by atoms with Crippen LogP contribution in [0.4, 0.5) is 5.69 Å². The van der Waals surface area contributed by atoms with Gasteiger partial charge in [0.25, 0.3) is 0 Å². The molecule has 1 aromatic rings. The van der Waals surface area contributed by atoms with Crippen molar-refractivity contribution in [3.63, 3.8) is 0 Å². The second kappa shape index (κ2) is 3.21. The molecule has 1 aromatic heterocycles.